The van der Waals surface area contributed by atoms with E-state index in [9.17, 15) is 14.8 Å². The van der Waals surface area contributed by atoms with Gasteiger partial charge in [0.15, 0.2) is 0 Å². The summed E-state index contributed by atoms with van der Waals surface area (Å²) in [7, 11) is 0. The van der Waals surface area contributed by atoms with Crippen molar-refractivity contribution >= 4 is 16.7 Å². The highest BCUT2D eigenvalue weighted by Gasteiger charge is 2.30. The average Bonchev–Trinajstić information content (AvgIpc) is 3.36. The van der Waals surface area contributed by atoms with Gasteiger partial charge in [-0.2, -0.15) is 5.26 Å². The summed E-state index contributed by atoms with van der Waals surface area (Å²) in [5, 5.41) is 21.0. The molecule has 0 unspecified atom stereocenters. The van der Waals surface area contributed by atoms with Crippen LogP contribution < -0.4 is 4.74 Å². The highest BCUT2D eigenvalue weighted by atomic mass is 19.1. The molecule has 0 amide bonds. The fraction of sp³-hybridized carbons (Fsp3) is 0.171. The molecule has 0 bridgehead atoms. The summed E-state index contributed by atoms with van der Waals surface area (Å²) in [4.78, 5) is 0. The lowest BCUT2D eigenvalue weighted by atomic mass is 9.89. The van der Waals surface area contributed by atoms with Crippen LogP contribution >= 0.6 is 0 Å². The molecule has 5 aromatic rings. The fourth-order valence-corrected chi connectivity index (χ4v) is 5.69. The summed E-state index contributed by atoms with van der Waals surface area (Å²) in [5.41, 5.74) is 6.67. The maximum atomic E-state index is 14.1. The summed E-state index contributed by atoms with van der Waals surface area (Å²) in [6.07, 6.45) is 1.64. The van der Waals surface area contributed by atoms with Gasteiger partial charge in [0.05, 0.1) is 16.5 Å². The molecule has 5 nitrogen and oxygen atoms in total. The van der Waals surface area contributed by atoms with Crippen LogP contribution in [0.2, 0.25) is 0 Å². The van der Waals surface area contributed by atoms with Gasteiger partial charge >= 0.3 is 0 Å². The van der Waals surface area contributed by atoms with E-state index in [0.717, 1.165) is 51.8 Å². The number of fused-ring (bicyclic) bond motifs is 1. The van der Waals surface area contributed by atoms with E-state index in [1.165, 1.54) is 12.1 Å². The number of halogens is 1. The first-order chi connectivity index (χ1) is 20.0. The minimum absolute atomic E-state index is 0.00593. The standard InChI is InChI=1S/C35H29FN2O3/c1-23(39)25-7-9-26(10-8-25)32-33-31(16-11-28(21-37)35(33)41-22-24-5-3-2-4-6-24)38(30-14-12-29(36)13-15-30)34(32)27-17-19-40-20-18-27/h2-16,27,39H,1,17-20,22H2. The molecule has 1 saturated heterocycles. The topological polar surface area (TPSA) is 67.4 Å². The number of aromatic nitrogens is 1. The first-order valence-corrected chi connectivity index (χ1v) is 13.7. The largest absolute Gasteiger partial charge is 0.508 e. The third kappa shape index (κ3) is 5.08. The normalized spacial score (nSPS) is 13.7. The first-order valence-electron chi connectivity index (χ1n) is 13.7. The van der Waals surface area contributed by atoms with E-state index in [4.69, 9.17) is 9.47 Å². The SMILES string of the molecule is C=C(O)c1ccc(-c2c(C3CCOCC3)n(-c3ccc(F)cc3)c3ccc(C#N)c(OCc4ccccc4)c23)cc1. The van der Waals surface area contributed by atoms with Crippen molar-refractivity contribution in [2.24, 2.45) is 0 Å². The van der Waals surface area contributed by atoms with Crippen LogP contribution in [0.15, 0.2) is 97.6 Å². The average molecular weight is 545 g/mol. The van der Waals surface area contributed by atoms with Gasteiger partial charge in [-0.1, -0.05) is 61.2 Å². The molecule has 2 heterocycles. The minimum atomic E-state index is -0.309. The van der Waals surface area contributed by atoms with Gasteiger partial charge < -0.3 is 19.1 Å². The molecule has 204 valence electrons. The molecule has 41 heavy (non-hydrogen) atoms. The molecule has 6 rings (SSSR count). The van der Waals surface area contributed by atoms with Gasteiger partial charge in [0.2, 0.25) is 0 Å². The molecule has 0 aliphatic carbocycles. The van der Waals surface area contributed by atoms with Crippen molar-refractivity contribution in [3.8, 4) is 28.6 Å². The van der Waals surface area contributed by atoms with Crippen LogP contribution in [0, 0.1) is 17.1 Å². The summed E-state index contributed by atoms with van der Waals surface area (Å²) < 4.78 is 28.5. The Morgan fingerprint density at radius 1 is 0.976 bits per heavy atom. The summed E-state index contributed by atoms with van der Waals surface area (Å²) >= 11 is 0. The Morgan fingerprint density at radius 2 is 1.68 bits per heavy atom. The smallest absolute Gasteiger partial charge is 0.147 e. The van der Waals surface area contributed by atoms with Crippen molar-refractivity contribution in [3.05, 3.63) is 126 Å². The number of benzene rings is 4. The monoisotopic (exact) mass is 544 g/mol. The van der Waals surface area contributed by atoms with E-state index in [1.54, 1.807) is 18.2 Å². The highest BCUT2D eigenvalue weighted by Crippen LogP contribution is 2.48. The number of ether oxygens (including phenoxy) is 2. The maximum Gasteiger partial charge on any atom is 0.147 e. The molecular weight excluding hydrogens is 515 g/mol. The van der Waals surface area contributed by atoms with Gasteiger partial charge in [0, 0.05) is 41.6 Å². The molecular formula is C35H29FN2O3. The van der Waals surface area contributed by atoms with Crippen LogP contribution in [-0.2, 0) is 11.3 Å². The van der Waals surface area contributed by atoms with E-state index in [-0.39, 0.29) is 17.5 Å². The Hall–Kier alpha value is -4.86. The fourth-order valence-electron chi connectivity index (χ4n) is 5.69. The van der Waals surface area contributed by atoms with Gasteiger partial charge in [-0.25, -0.2) is 4.39 Å². The molecule has 0 spiro atoms. The van der Waals surface area contributed by atoms with Crippen molar-refractivity contribution in [3.63, 3.8) is 0 Å². The predicted octanol–water partition coefficient (Wildman–Crippen LogP) is 8.31. The minimum Gasteiger partial charge on any atom is -0.508 e. The molecule has 0 atom stereocenters. The lowest BCUT2D eigenvalue weighted by Gasteiger charge is -2.26. The van der Waals surface area contributed by atoms with Crippen LogP contribution in [0.3, 0.4) is 0 Å². The second-order valence-corrected chi connectivity index (χ2v) is 10.2. The zero-order valence-electron chi connectivity index (χ0n) is 22.5. The van der Waals surface area contributed by atoms with E-state index in [1.807, 2.05) is 60.7 Å². The Morgan fingerprint density at radius 3 is 2.34 bits per heavy atom. The Labute approximate surface area is 238 Å². The third-order valence-electron chi connectivity index (χ3n) is 7.67. The molecule has 4 aromatic carbocycles. The third-order valence-corrected chi connectivity index (χ3v) is 7.67. The number of nitrogens with zero attached hydrogens (tertiary/aromatic N) is 2. The number of rotatable bonds is 7. The van der Waals surface area contributed by atoms with Crippen LogP contribution in [0.25, 0.3) is 33.5 Å². The maximum absolute atomic E-state index is 14.1. The van der Waals surface area contributed by atoms with Crippen molar-refractivity contribution in [2.45, 2.75) is 25.4 Å². The van der Waals surface area contributed by atoms with E-state index < -0.39 is 0 Å². The van der Waals surface area contributed by atoms with Gasteiger partial charge in [0.1, 0.15) is 30.0 Å². The molecule has 6 heteroatoms. The first kappa shape index (κ1) is 26.4. The van der Waals surface area contributed by atoms with Crippen molar-refractivity contribution in [2.75, 3.05) is 13.2 Å². The van der Waals surface area contributed by atoms with E-state index in [0.29, 0.717) is 36.7 Å². The van der Waals surface area contributed by atoms with Gasteiger partial charge in [-0.05, 0) is 60.4 Å². The highest BCUT2D eigenvalue weighted by molar-refractivity contribution is 6.04. The summed E-state index contributed by atoms with van der Waals surface area (Å²) in [6.45, 7) is 5.23. The van der Waals surface area contributed by atoms with Gasteiger partial charge in [0.25, 0.3) is 0 Å². The number of hydrogen-bond acceptors (Lipinski definition) is 4. The molecule has 1 aliphatic heterocycles. The van der Waals surface area contributed by atoms with Crippen molar-refractivity contribution in [1.82, 2.24) is 4.57 Å². The van der Waals surface area contributed by atoms with Crippen LogP contribution in [0.4, 0.5) is 4.39 Å². The van der Waals surface area contributed by atoms with Crippen molar-refractivity contribution in [1.29, 1.82) is 5.26 Å². The molecule has 1 aromatic heterocycles. The van der Waals surface area contributed by atoms with Gasteiger partial charge in [-0.15, -0.1) is 0 Å². The quantitative estimate of drug-likeness (QED) is 0.209. The molecule has 0 radical (unpaired) electrons. The van der Waals surface area contributed by atoms with Crippen LogP contribution in [0.1, 0.15) is 41.1 Å². The lowest BCUT2D eigenvalue weighted by molar-refractivity contribution is 0.0843. The molecule has 1 aliphatic rings. The number of aliphatic hydroxyl groups is 1. The van der Waals surface area contributed by atoms with Crippen molar-refractivity contribution < 1.29 is 19.0 Å². The Balaban J connectivity index is 1.68. The van der Waals surface area contributed by atoms with Crippen LogP contribution in [0.5, 0.6) is 5.75 Å². The Kier molecular flexibility index (Phi) is 7.28. The molecule has 1 N–H and O–H groups in total. The predicted molar refractivity (Wildman–Crippen MR) is 159 cm³/mol. The summed E-state index contributed by atoms with van der Waals surface area (Å²) in [5.74, 6) is 0.343. The number of aliphatic hydroxyl groups excluding tert-OH is 1. The molecule has 0 saturated carbocycles. The zero-order valence-corrected chi connectivity index (χ0v) is 22.5. The van der Waals surface area contributed by atoms with Crippen LogP contribution in [-0.4, -0.2) is 22.9 Å². The van der Waals surface area contributed by atoms with Gasteiger partial charge in [-0.3, -0.25) is 0 Å². The zero-order chi connectivity index (χ0) is 28.3. The van der Waals surface area contributed by atoms with E-state index >= 15 is 0 Å². The summed E-state index contributed by atoms with van der Waals surface area (Å²) in [6, 6.07) is 30.0. The second-order valence-electron chi connectivity index (χ2n) is 10.2. The van der Waals surface area contributed by atoms with E-state index in [2.05, 4.69) is 17.2 Å². The number of nitriles is 1. The lowest BCUT2D eigenvalue weighted by Crippen LogP contribution is -2.17. The molecule has 1 fully saturated rings. The Bertz CT molecular complexity index is 1740. The number of hydrogen-bond donors (Lipinski definition) is 1. The second kappa shape index (κ2) is 11.3.